The van der Waals surface area contributed by atoms with Crippen molar-refractivity contribution in [2.24, 2.45) is 0 Å². The fourth-order valence-corrected chi connectivity index (χ4v) is 5.47. The number of amides is 2. The zero-order chi connectivity index (χ0) is 34.8. The molecule has 3 aromatic rings. The van der Waals surface area contributed by atoms with Gasteiger partial charge in [-0.15, -0.1) is 0 Å². The Kier molecular flexibility index (Phi) is 12.7. The minimum Gasteiger partial charge on any atom is -0.494 e. The van der Waals surface area contributed by atoms with Gasteiger partial charge in [0, 0.05) is 38.4 Å². The second kappa shape index (κ2) is 16.9. The Morgan fingerprint density at radius 3 is 2.12 bits per heavy atom. The first-order valence-corrected chi connectivity index (χ1v) is 15.4. The number of hydrogen-bond acceptors (Lipinski definition) is 10. The third-order valence-electron chi connectivity index (χ3n) is 7.38. The van der Waals surface area contributed by atoms with Crippen molar-refractivity contribution in [3.8, 4) is 17.2 Å². The SMILES string of the molecule is COCOc1ccc(C(=O)N[C@@H]2CN(C(=O)O)CCC[C@H]2OC(=O)c2ccc(C(=O)c3c(OCOC)ccc(OC)c3F)cc2)cc1Br. The highest BCUT2D eigenvalue weighted by atomic mass is 79.9. The number of methoxy groups -OCH3 is 3. The number of benzene rings is 3. The summed E-state index contributed by atoms with van der Waals surface area (Å²) in [4.78, 5) is 52.9. The summed E-state index contributed by atoms with van der Waals surface area (Å²) in [6, 6.07) is 11.9. The summed E-state index contributed by atoms with van der Waals surface area (Å²) in [5.74, 6) is -2.68. The van der Waals surface area contributed by atoms with Crippen molar-refractivity contribution in [3.05, 3.63) is 87.1 Å². The van der Waals surface area contributed by atoms with Gasteiger partial charge in [0.15, 0.2) is 30.9 Å². The van der Waals surface area contributed by atoms with Gasteiger partial charge in [-0.05, 0) is 71.2 Å². The number of likely N-dealkylation sites (tertiary alicyclic amines) is 1. The maximum absolute atomic E-state index is 15.2. The first-order chi connectivity index (χ1) is 23.1. The molecule has 0 unspecified atom stereocenters. The number of nitrogens with one attached hydrogen (secondary N) is 1. The first-order valence-electron chi connectivity index (χ1n) is 14.6. The summed E-state index contributed by atoms with van der Waals surface area (Å²) in [6.45, 7) is -0.158. The molecule has 13 nitrogen and oxygen atoms in total. The number of ether oxygens (including phenoxy) is 6. The van der Waals surface area contributed by atoms with E-state index >= 15 is 4.39 Å². The number of hydrogen-bond donors (Lipinski definition) is 2. The van der Waals surface area contributed by atoms with Crippen molar-refractivity contribution < 1.29 is 57.1 Å². The first kappa shape index (κ1) is 36.1. The molecule has 48 heavy (non-hydrogen) atoms. The zero-order valence-electron chi connectivity index (χ0n) is 26.3. The predicted octanol–water partition coefficient (Wildman–Crippen LogP) is 4.89. The van der Waals surface area contributed by atoms with Gasteiger partial charge in [-0.25, -0.2) is 14.0 Å². The van der Waals surface area contributed by atoms with Crippen molar-refractivity contribution in [1.82, 2.24) is 10.2 Å². The number of carboxylic acid groups (broad SMARTS) is 1. The van der Waals surface area contributed by atoms with Crippen LogP contribution in [0.3, 0.4) is 0 Å². The second-order valence-electron chi connectivity index (χ2n) is 10.5. The molecule has 0 bridgehead atoms. The average Bonchev–Trinajstić information content (AvgIpc) is 3.28. The lowest BCUT2D eigenvalue weighted by Gasteiger charge is -2.28. The van der Waals surface area contributed by atoms with Gasteiger partial charge in [-0.2, -0.15) is 0 Å². The van der Waals surface area contributed by atoms with Crippen molar-refractivity contribution in [3.63, 3.8) is 0 Å². The van der Waals surface area contributed by atoms with E-state index in [4.69, 9.17) is 28.4 Å². The summed E-state index contributed by atoms with van der Waals surface area (Å²) >= 11 is 3.36. The summed E-state index contributed by atoms with van der Waals surface area (Å²) in [6.07, 6.45) is -1.41. The average molecular weight is 734 g/mol. The summed E-state index contributed by atoms with van der Waals surface area (Å²) < 4.78 is 47.1. The van der Waals surface area contributed by atoms with E-state index in [1.165, 1.54) is 63.8 Å². The van der Waals surface area contributed by atoms with Gasteiger partial charge >= 0.3 is 12.1 Å². The Bertz CT molecular complexity index is 1640. The molecule has 1 saturated heterocycles. The number of carbonyl (C=O) groups excluding carboxylic acids is 3. The van der Waals surface area contributed by atoms with Crippen LogP contribution < -0.4 is 19.5 Å². The number of halogens is 2. The summed E-state index contributed by atoms with van der Waals surface area (Å²) in [7, 11) is 4.12. The fourth-order valence-electron chi connectivity index (χ4n) is 4.98. The third kappa shape index (κ3) is 8.79. The summed E-state index contributed by atoms with van der Waals surface area (Å²) in [5.41, 5.74) is 0.0215. The molecule has 15 heteroatoms. The Balaban J connectivity index is 1.52. The van der Waals surface area contributed by atoms with Crippen LogP contribution in [-0.2, 0) is 14.2 Å². The molecule has 1 heterocycles. The minimum absolute atomic E-state index is 0.00883. The molecule has 2 atom stereocenters. The third-order valence-corrected chi connectivity index (χ3v) is 8.00. The molecule has 1 fully saturated rings. The van der Waals surface area contributed by atoms with Gasteiger partial charge in [0.2, 0.25) is 0 Å². The van der Waals surface area contributed by atoms with E-state index in [1.807, 2.05) is 0 Å². The van der Waals surface area contributed by atoms with Gasteiger partial charge in [-0.3, -0.25) is 9.59 Å². The molecule has 0 spiro atoms. The van der Waals surface area contributed by atoms with Gasteiger partial charge in [0.05, 0.1) is 23.2 Å². The van der Waals surface area contributed by atoms with E-state index in [0.29, 0.717) is 16.6 Å². The normalized spacial score (nSPS) is 16.0. The summed E-state index contributed by atoms with van der Waals surface area (Å²) in [5, 5.41) is 12.5. The Hall–Kier alpha value is -4.73. The minimum atomic E-state index is -1.17. The topological polar surface area (TPSA) is 159 Å². The van der Waals surface area contributed by atoms with Crippen LogP contribution >= 0.6 is 15.9 Å². The van der Waals surface area contributed by atoms with Crippen LogP contribution in [0.5, 0.6) is 17.2 Å². The van der Waals surface area contributed by atoms with Crippen molar-refractivity contribution in [1.29, 1.82) is 0 Å². The van der Waals surface area contributed by atoms with E-state index in [9.17, 15) is 24.3 Å². The van der Waals surface area contributed by atoms with E-state index in [1.54, 1.807) is 12.1 Å². The lowest BCUT2D eigenvalue weighted by Crippen LogP contribution is -2.51. The highest BCUT2D eigenvalue weighted by Crippen LogP contribution is 2.31. The highest BCUT2D eigenvalue weighted by Gasteiger charge is 2.34. The maximum atomic E-state index is 15.2. The van der Waals surface area contributed by atoms with Gasteiger partial charge < -0.3 is 43.7 Å². The van der Waals surface area contributed by atoms with Crippen LogP contribution in [0.1, 0.15) is 49.5 Å². The van der Waals surface area contributed by atoms with Crippen LogP contribution in [0.15, 0.2) is 59.1 Å². The standard InChI is InChI=1S/C33H34BrFN2O11/c1-43-17-46-24-11-10-21(15-22(24)34)31(39)36-23-16-37(33(41)42)14-4-5-25(23)48-32(40)20-8-6-19(7-9-20)30(38)28-26(47-18-44-2)12-13-27(45-3)29(28)35/h6-13,15,23,25H,4-5,14,16-18H2,1-3H3,(H,36,39)(H,41,42)/t23-,25-/m1/s1. The van der Waals surface area contributed by atoms with E-state index in [2.05, 4.69) is 21.2 Å². The quantitative estimate of drug-likeness (QED) is 0.140. The molecular weight excluding hydrogens is 699 g/mol. The Morgan fingerprint density at radius 2 is 1.50 bits per heavy atom. The van der Waals surface area contributed by atoms with Gasteiger partial charge in [0.25, 0.3) is 5.91 Å². The maximum Gasteiger partial charge on any atom is 0.407 e. The molecule has 3 aromatic carbocycles. The molecule has 0 aromatic heterocycles. The van der Waals surface area contributed by atoms with Gasteiger partial charge in [-0.1, -0.05) is 12.1 Å². The molecule has 1 aliphatic heterocycles. The van der Waals surface area contributed by atoms with Crippen molar-refractivity contribution in [2.75, 3.05) is 48.0 Å². The van der Waals surface area contributed by atoms with Crippen LogP contribution in [0.25, 0.3) is 0 Å². The van der Waals surface area contributed by atoms with Crippen LogP contribution in [-0.4, -0.2) is 93.9 Å². The Labute approximate surface area is 283 Å². The smallest absolute Gasteiger partial charge is 0.407 e. The molecule has 1 aliphatic rings. The lowest BCUT2D eigenvalue weighted by atomic mass is 10.00. The van der Waals surface area contributed by atoms with E-state index in [-0.39, 0.29) is 66.8 Å². The Morgan fingerprint density at radius 1 is 0.896 bits per heavy atom. The number of nitrogens with zero attached hydrogens (tertiary/aromatic N) is 1. The molecule has 0 saturated carbocycles. The second-order valence-corrected chi connectivity index (χ2v) is 11.4. The molecule has 0 radical (unpaired) electrons. The molecule has 2 N–H and O–H groups in total. The number of rotatable bonds is 13. The molecular formula is C33H34BrFN2O11. The number of esters is 1. The van der Waals surface area contributed by atoms with E-state index in [0.717, 1.165) is 4.90 Å². The fraction of sp³-hybridized carbons (Fsp3) is 0.333. The molecule has 2 amide bonds. The zero-order valence-corrected chi connectivity index (χ0v) is 27.9. The van der Waals surface area contributed by atoms with Crippen LogP contribution in [0.2, 0.25) is 0 Å². The largest absolute Gasteiger partial charge is 0.494 e. The van der Waals surface area contributed by atoms with Gasteiger partial charge in [0.1, 0.15) is 23.2 Å². The molecule has 256 valence electrons. The number of carbonyl (C=O) groups is 4. The van der Waals surface area contributed by atoms with Crippen molar-refractivity contribution >= 4 is 39.7 Å². The monoisotopic (exact) mass is 732 g/mol. The van der Waals surface area contributed by atoms with Crippen LogP contribution in [0.4, 0.5) is 9.18 Å². The molecule has 0 aliphatic carbocycles. The van der Waals surface area contributed by atoms with E-state index < -0.39 is 41.7 Å². The predicted molar refractivity (Wildman–Crippen MR) is 171 cm³/mol. The van der Waals surface area contributed by atoms with Crippen LogP contribution in [0, 0.1) is 5.82 Å². The molecule has 4 rings (SSSR count). The number of ketones is 1. The van der Waals surface area contributed by atoms with Crippen molar-refractivity contribution in [2.45, 2.75) is 25.0 Å². The highest BCUT2D eigenvalue weighted by molar-refractivity contribution is 9.10. The lowest BCUT2D eigenvalue weighted by molar-refractivity contribution is 0.0179.